The van der Waals surface area contributed by atoms with E-state index in [0.717, 1.165) is 54.5 Å². The number of benzene rings is 1. The van der Waals surface area contributed by atoms with Crippen LogP contribution in [0.5, 0.6) is 0 Å². The number of hydrogen-bond acceptors (Lipinski definition) is 7. The van der Waals surface area contributed by atoms with Crippen LogP contribution in [0, 0.1) is 6.92 Å². The third-order valence-electron chi connectivity index (χ3n) is 6.86. The number of nitrogens with zero attached hydrogens (tertiary/aromatic N) is 5. The van der Waals surface area contributed by atoms with Gasteiger partial charge in [-0.3, -0.25) is 9.59 Å². The number of hydrogen-bond donors (Lipinski definition) is 1. The molecule has 1 aliphatic heterocycles. The van der Waals surface area contributed by atoms with Crippen LogP contribution < -0.4 is 5.32 Å². The van der Waals surface area contributed by atoms with Gasteiger partial charge >= 0.3 is 0 Å². The highest BCUT2D eigenvalue weighted by Crippen LogP contribution is 2.29. The van der Waals surface area contributed by atoms with Gasteiger partial charge in [0.25, 0.3) is 0 Å². The maximum atomic E-state index is 13.7. The van der Waals surface area contributed by atoms with Crippen LogP contribution in [0.25, 0.3) is 11.4 Å². The Balaban J connectivity index is 1.38. The van der Waals surface area contributed by atoms with Crippen LogP contribution in [-0.4, -0.2) is 62.2 Å². The predicted molar refractivity (Wildman–Crippen MR) is 136 cm³/mol. The Morgan fingerprint density at radius 1 is 1.17 bits per heavy atom. The molecule has 1 N–H and O–H groups in total. The van der Waals surface area contributed by atoms with E-state index >= 15 is 0 Å². The lowest BCUT2D eigenvalue weighted by molar-refractivity contribution is -0.143. The molecule has 2 fully saturated rings. The van der Waals surface area contributed by atoms with Gasteiger partial charge in [-0.05, 0) is 49.3 Å². The zero-order valence-electron chi connectivity index (χ0n) is 20.5. The number of amides is 2. The smallest absolute Gasteiger partial charge is 0.248 e. The van der Waals surface area contributed by atoms with Gasteiger partial charge in [-0.1, -0.05) is 48.7 Å². The molecule has 2 aromatic heterocycles. The molecule has 36 heavy (non-hydrogen) atoms. The van der Waals surface area contributed by atoms with E-state index in [2.05, 4.69) is 20.7 Å². The summed E-state index contributed by atoms with van der Waals surface area (Å²) in [5.41, 5.74) is 1.98. The van der Waals surface area contributed by atoms with Crippen molar-refractivity contribution in [2.24, 2.45) is 0 Å². The highest BCUT2D eigenvalue weighted by atomic mass is 32.1. The van der Waals surface area contributed by atoms with Gasteiger partial charge in [-0.25, -0.2) is 0 Å². The largest absolute Gasteiger partial charge is 0.376 e. The van der Waals surface area contributed by atoms with Crippen molar-refractivity contribution < 1.29 is 14.3 Å². The van der Waals surface area contributed by atoms with Gasteiger partial charge in [0.2, 0.25) is 17.6 Å². The number of ether oxygens (including phenoxy) is 1. The lowest BCUT2D eigenvalue weighted by Gasteiger charge is -2.32. The molecular formula is C26H32N6O3S. The SMILES string of the molecule is Cc1ccc(-c2nnn(CC(=O)N(C[C@@H]3CCCO3)[C@@H](C(=O)NC3CCCC3)c3cccs3)n2)cc1. The summed E-state index contributed by atoms with van der Waals surface area (Å²) in [7, 11) is 0. The van der Waals surface area contributed by atoms with Crippen LogP contribution in [0.4, 0.5) is 0 Å². The maximum absolute atomic E-state index is 13.7. The quantitative estimate of drug-likeness (QED) is 0.475. The Labute approximate surface area is 214 Å². The lowest BCUT2D eigenvalue weighted by Crippen LogP contribution is -2.49. The first-order chi connectivity index (χ1) is 17.6. The zero-order chi connectivity index (χ0) is 24.9. The Morgan fingerprint density at radius 2 is 1.97 bits per heavy atom. The number of aryl methyl sites for hydroxylation is 1. The number of carbonyl (C=O) groups is 2. The monoisotopic (exact) mass is 508 g/mol. The number of tetrazole rings is 1. The zero-order valence-corrected chi connectivity index (χ0v) is 21.3. The average Bonchev–Trinajstić information content (AvgIpc) is 3.68. The summed E-state index contributed by atoms with van der Waals surface area (Å²) in [6, 6.07) is 11.1. The van der Waals surface area contributed by atoms with E-state index < -0.39 is 6.04 Å². The molecule has 10 heteroatoms. The average molecular weight is 509 g/mol. The van der Waals surface area contributed by atoms with Gasteiger partial charge in [0.05, 0.1) is 6.10 Å². The molecule has 1 aliphatic carbocycles. The highest BCUT2D eigenvalue weighted by molar-refractivity contribution is 7.10. The minimum Gasteiger partial charge on any atom is -0.376 e. The minimum atomic E-state index is -0.720. The summed E-state index contributed by atoms with van der Waals surface area (Å²) >= 11 is 1.48. The Bertz CT molecular complexity index is 1150. The number of rotatable bonds is 9. The first kappa shape index (κ1) is 24.6. The van der Waals surface area contributed by atoms with E-state index in [4.69, 9.17) is 4.74 Å². The normalized spacial score (nSPS) is 18.9. The van der Waals surface area contributed by atoms with Gasteiger partial charge in [-0.15, -0.1) is 21.5 Å². The van der Waals surface area contributed by atoms with E-state index in [-0.39, 0.29) is 30.5 Å². The third kappa shape index (κ3) is 5.82. The Kier molecular flexibility index (Phi) is 7.72. The Morgan fingerprint density at radius 3 is 2.67 bits per heavy atom. The van der Waals surface area contributed by atoms with Crippen LogP contribution in [0.1, 0.15) is 55.0 Å². The molecule has 2 aliphatic rings. The van der Waals surface area contributed by atoms with Crippen molar-refractivity contribution in [3.63, 3.8) is 0 Å². The first-order valence-electron chi connectivity index (χ1n) is 12.7. The molecule has 2 amide bonds. The van der Waals surface area contributed by atoms with Crippen LogP contribution in [0.3, 0.4) is 0 Å². The maximum Gasteiger partial charge on any atom is 0.248 e. The molecule has 1 saturated carbocycles. The van der Waals surface area contributed by atoms with Crippen molar-refractivity contribution in [1.82, 2.24) is 30.4 Å². The highest BCUT2D eigenvalue weighted by Gasteiger charge is 2.36. The van der Waals surface area contributed by atoms with Gasteiger partial charge < -0.3 is 15.0 Å². The van der Waals surface area contributed by atoms with Crippen molar-refractivity contribution in [3.05, 3.63) is 52.2 Å². The number of carbonyl (C=O) groups excluding carboxylic acids is 2. The second-order valence-corrected chi connectivity index (χ2v) is 10.6. The summed E-state index contributed by atoms with van der Waals surface area (Å²) in [5.74, 6) is 0.0863. The molecule has 3 aromatic rings. The molecule has 0 bridgehead atoms. The number of thiophene rings is 1. The second kappa shape index (κ2) is 11.3. The van der Waals surface area contributed by atoms with E-state index in [1.807, 2.05) is 48.7 Å². The van der Waals surface area contributed by atoms with E-state index in [1.165, 1.54) is 16.1 Å². The van der Waals surface area contributed by atoms with Gasteiger partial charge in [0, 0.05) is 29.6 Å². The first-order valence-corrected chi connectivity index (χ1v) is 13.5. The molecule has 2 atom stereocenters. The third-order valence-corrected chi connectivity index (χ3v) is 7.78. The molecule has 0 unspecified atom stereocenters. The van der Waals surface area contributed by atoms with Gasteiger partial charge in [0.15, 0.2) is 0 Å². The van der Waals surface area contributed by atoms with Crippen molar-refractivity contribution in [1.29, 1.82) is 0 Å². The molecule has 0 radical (unpaired) electrons. The molecule has 190 valence electrons. The van der Waals surface area contributed by atoms with E-state index in [1.54, 1.807) is 4.90 Å². The summed E-state index contributed by atoms with van der Waals surface area (Å²) in [6.07, 6.45) is 5.92. The lowest BCUT2D eigenvalue weighted by atomic mass is 10.1. The van der Waals surface area contributed by atoms with Crippen LogP contribution >= 0.6 is 11.3 Å². The van der Waals surface area contributed by atoms with Crippen molar-refractivity contribution in [2.75, 3.05) is 13.2 Å². The molecular weight excluding hydrogens is 476 g/mol. The number of aromatic nitrogens is 4. The fourth-order valence-electron chi connectivity index (χ4n) is 4.92. The van der Waals surface area contributed by atoms with Crippen LogP contribution in [-0.2, 0) is 20.9 Å². The summed E-state index contributed by atoms with van der Waals surface area (Å²) < 4.78 is 5.86. The molecule has 1 aromatic carbocycles. The fourth-order valence-corrected chi connectivity index (χ4v) is 5.76. The summed E-state index contributed by atoms with van der Waals surface area (Å²) in [6.45, 7) is 2.93. The molecule has 1 saturated heterocycles. The predicted octanol–water partition coefficient (Wildman–Crippen LogP) is 3.52. The van der Waals surface area contributed by atoms with Crippen LogP contribution in [0.15, 0.2) is 41.8 Å². The van der Waals surface area contributed by atoms with Crippen molar-refractivity contribution in [2.45, 2.75) is 70.2 Å². The van der Waals surface area contributed by atoms with Gasteiger partial charge in [-0.2, -0.15) is 4.80 Å². The fraction of sp³-hybridized carbons (Fsp3) is 0.500. The van der Waals surface area contributed by atoms with Crippen molar-refractivity contribution in [3.8, 4) is 11.4 Å². The van der Waals surface area contributed by atoms with E-state index in [9.17, 15) is 9.59 Å². The summed E-state index contributed by atoms with van der Waals surface area (Å²) in [5, 5.41) is 17.8. The standard InChI is InChI=1S/C26H32N6O3S/c1-18-10-12-19(13-11-18)25-28-30-32(29-25)17-23(33)31(16-21-8-4-14-35-21)24(22-9-5-15-36-22)26(34)27-20-6-2-3-7-20/h5,9-13,15,20-21,24H,2-4,6-8,14,16-17H2,1H3,(H,27,34)/t21-,24+/m0/s1. The van der Waals surface area contributed by atoms with Gasteiger partial charge in [0.1, 0.15) is 12.6 Å². The second-order valence-electron chi connectivity index (χ2n) is 9.60. The molecule has 3 heterocycles. The molecule has 0 spiro atoms. The number of nitrogens with one attached hydrogen (secondary N) is 1. The van der Waals surface area contributed by atoms with Crippen LogP contribution in [0.2, 0.25) is 0 Å². The van der Waals surface area contributed by atoms with E-state index in [0.29, 0.717) is 19.0 Å². The molecule has 9 nitrogen and oxygen atoms in total. The Hall–Kier alpha value is -3.11. The summed E-state index contributed by atoms with van der Waals surface area (Å²) in [4.78, 5) is 31.1. The molecule has 5 rings (SSSR count). The topological polar surface area (TPSA) is 102 Å². The minimum absolute atomic E-state index is 0.0949. The van der Waals surface area contributed by atoms with Crippen molar-refractivity contribution >= 4 is 23.2 Å².